The van der Waals surface area contributed by atoms with Crippen LogP contribution in [0, 0.1) is 5.92 Å². The Morgan fingerprint density at radius 2 is 2.33 bits per heavy atom. The van der Waals surface area contributed by atoms with Gasteiger partial charge in [0.25, 0.3) is 0 Å². The molecular formula is C12H14N4O2. The van der Waals surface area contributed by atoms with Gasteiger partial charge in [-0.05, 0) is 12.5 Å². The predicted molar refractivity (Wildman–Crippen MR) is 65.0 cm³/mol. The number of hydrogen-bond acceptors (Lipinski definition) is 4. The van der Waals surface area contributed by atoms with E-state index in [4.69, 9.17) is 0 Å². The molecule has 18 heavy (non-hydrogen) atoms. The normalized spacial score (nSPS) is 18.6. The molecule has 0 aliphatic carbocycles. The van der Waals surface area contributed by atoms with Crippen LogP contribution in [0.15, 0.2) is 23.1 Å². The lowest BCUT2D eigenvalue weighted by atomic mass is 10.0. The second kappa shape index (κ2) is 4.38. The molecule has 0 fully saturated rings. The highest BCUT2D eigenvalue weighted by Crippen LogP contribution is 2.24. The fourth-order valence-corrected chi connectivity index (χ4v) is 2.31. The number of aliphatic hydroxyl groups is 1. The molecule has 2 N–H and O–H groups in total. The minimum atomic E-state index is -0.134. The molecule has 3 rings (SSSR count). The summed E-state index contributed by atoms with van der Waals surface area (Å²) in [5.74, 6) is 1.95. The molecule has 0 radical (unpaired) electrons. The minimum Gasteiger partial charge on any atom is -0.396 e. The van der Waals surface area contributed by atoms with E-state index < -0.39 is 0 Å². The van der Waals surface area contributed by atoms with Crippen LogP contribution in [0.1, 0.15) is 12.2 Å². The van der Waals surface area contributed by atoms with Crippen molar-refractivity contribution in [3.63, 3.8) is 0 Å². The van der Waals surface area contributed by atoms with Gasteiger partial charge in [-0.3, -0.25) is 4.79 Å². The van der Waals surface area contributed by atoms with Gasteiger partial charge in [-0.2, -0.15) is 0 Å². The first-order valence-corrected chi connectivity index (χ1v) is 6.00. The van der Waals surface area contributed by atoms with Gasteiger partial charge in [-0.1, -0.05) is 0 Å². The van der Waals surface area contributed by atoms with Gasteiger partial charge >= 0.3 is 0 Å². The molecule has 1 unspecified atom stereocenters. The van der Waals surface area contributed by atoms with Crippen molar-refractivity contribution in [2.24, 2.45) is 5.92 Å². The Kier molecular flexibility index (Phi) is 2.71. The van der Waals surface area contributed by atoms with Crippen molar-refractivity contribution in [1.29, 1.82) is 0 Å². The molecule has 0 amide bonds. The van der Waals surface area contributed by atoms with E-state index in [0.717, 1.165) is 36.6 Å². The van der Waals surface area contributed by atoms with E-state index in [0.29, 0.717) is 0 Å². The Morgan fingerprint density at radius 1 is 1.44 bits per heavy atom. The van der Waals surface area contributed by atoms with Crippen molar-refractivity contribution in [3.05, 3.63) is 34.5 Å². The maximum Gasteiger partial charge on any atom is 0.247 e. The predicted octanol–water partition coefficient (Wildman–Crippen LogP) is 0.188. The number of nitrogens with one attached hydrogen (secondary N) is 1. The number of hydrogen-bond donors (Lipinski definition) is 2. The highest BCUT2D eigenvalue weighted by atomic mass is 16.3. The summed E-state index contributed by atoms with van der Waals surface area (Å²) in [4.78, 5) is 13.7. The van der Waals surface area contributed by atoms with Crippen LogP contribution in [-0.4, -0.2) is 31.5 Å². The molecule has 0 saturated carbocycles. The lowest BCUT2D eigenvalue weighted by Gasteiger charge is -2.22. The van der Waals surface area contributed by atoms with E-state index >= 15 is 0 Å². The van der Waals surface area contributed by atoms with Crippen LogP contribution in [0.2, 0.25) is 0 Å². The van der Waals surface area contributed by atoms with E-state index in [2.05, 4.69) is 15.2 Å². The number of aryl methyl sites for hydroxylation is 1. The van der Waals surface area contributed by atoms with Gasteiger partial charge in [0.05, 0.1) is 0 Å². The zero-order valence-corrected chi connectivity index (χ0v) is 9.83. The van der Waals surface area contributed by atoms with E-state index in [9.17, 15) is 9.90 Å². The van der Waals surface area contributed by atoms with Gasteiger partial charge in [0.2, 0.25) is 5.56 Å². The fourth-order valence-electron chi connectivity index (χ4n) is 2.31. The second-order valence-electron chi connectivity index (χ2n) is 4.58. The summed E-state index contributed by atoms with van der Waals surface area (Å²) in [6, 6.07) is 3.21. The Balaban J connectivity index is 2.01. The fraction of sp³-hybridized carbons (Fsp3) is 0.417. The molecule has 1 aliphatic heterocycles. The number of aromatic amines is 1. The minimum absolute atomic E-state index is 0.134. The number of fused-ring (bicyclic) bond motifs is 1. The summed E-state index contributed by atoms with van der Waals surface area (Å²) in [6.45, 7) is 0.913. The first kappa shape index (κ1) is 11.2. The van der Waals surface area contributed by atoms with Gasteiger partial charge < -0.3 is 14.7 Å². The number of aliphatic hydroxyl groups excluding tert-OH is 1. The third kappa shape index (κ3) is 1.84. The molecule has 0 bridgehead atoms. The van der Waals surface area contributed by atoms with Gasteiger partial charge in [0.15, 0.2) is 5.82 Å². The van der Waals surface area contributed by atoms with Crippen LogP contribution in [0.5, 0.6) is 0 Å². The summed E-state index contributed by atoms with van der Waals surface area (Å²) in [5, 5.41) is 17.6. The van der Waals surface area contributed by atoms with Crippen LogP contribution >= 0.6 is 0 Å². The van der Waals surface area contributed by atoms with Crippen molar-refractivity contribution in [2.45, 2.75) is 19.4 Å². The zero-order valence-electron chi connectivity index (χ0n) is 9.83. The van der Waals surface area contributed by atoms with Gasteiger partial charge in [0.1, 0.15) is 5.82 Å². The van der Waals surface area contributed by atoms with Gasteiger partial charge in [0, 0.05) is 43.3 Å². The van der Waals surface area contributed by atoms with Crippen LogP contribution in [-0.2, 0) is 13.0 Å². The smallest absolute Gasteiger partial charge is 0.247 e. The molecule has 2 aromatic heterocycles. The first-order valence-electron chi connectivity index (χ1n) is 6.00. The van der Waals surface area contributed by atoms with E-state index in [1.807, 2.05) is 4.57 Å². The maximum atomic E-state index is 11.0. The lowest BCUT2D eigenvalue weighted by Crippen LogP contribution is -2.23. The molecule has 3 heterocycles. The molecular weight excluding hydrogens is 232 g/mol. The van der Waals surface area contributed by atoms with Crippen LogP contribution < -0.4 is 5.56 Å². The monoisotopic (exact) mass is 246 g/mol. The molecule has 6 heteroatoms. The highest BCUT2D eigenvalue weighted by Gasteiger charge is 2.22. The number of nitrogens with zero attached hydrogens (tertiary/aromatic N) is 3. The summed E-state index contributed by atoms with van der Waals surface area (Å²) in [7, 11) is 0. The molecule has 6 nitrogen and oxygen atoms in total. The summed E-state index contributed by atoms with van der Waals surface area (Å²) in [6.07, 6.45) is 3.42. The largest absolute Gasteiger partial charge is 0.396 e. The first-order chi connectivity index (χ1) is 8.78. The lowest BCUT2D eigenvalue weighted by molar-refractivity contribution is 0.191. The Bertz CT molecular complexity index is 596. The highest BCUT2D eigenvalue weighted by molar-refractivity contribution is 5.53. The molecule has 1 atom stereocenters. The summed E-state index contributed by atoms with van der Waals surface area (Å²) in [5.41, 5.74) is 0.706. The molecule has 94 valence electrons. The van der Waals surface area contributed by atoms with Crippen LogP contribution in [0.25, 0.3) is 11.4 Å². The Labute approximate surface area is 103 Å². The zero-order chi connectivity index (χ0) is 12.5. The molecule has 1 aliphatic rings. The van der Waals surface area contributed by atoms with E-state index in [1.54, 1.807) is 12.3 Å². The third-order valence-corrected chi connectivity index (χ3v) is 3.34. The number of H-pyrrole nitrogens is 1. The SMILES string of the molecule is O=c1ccc(-c2nnc3n2CC(CO)CC3)c[nH]1. The van der Waals surface area contributed by atoms with Crippen molar-refractivity contribution >= 4 is 0 Å². The molecule has 0 spiro atoms. The van der Waals surface area contributed by atoms with Gasteiger partial charge in [-0.15, -0.1) is 10.2 Å². The summed E-state index contributed by atoms with van der Waals surface area (Å²) < 4.78 is 2.03. The molecule has 0 aromatic carbocycles. The van der Waals surface area contributed by atoms with Crippen LogP contribution in [0.4, 0.5) is 0 Å². The average molecular weight is 246 g/mol. The topological polar surface area (TPSA) is 83.8 Å². The average Bonchev–Trinajstić information content (AvgIpc) is 2.82. The Morgan fingerprint density at radius 3 is 3.06 bits per heavy atom. The van der Waals surface area contributed by atoms with Crippen molar-refractivity contribution in [1.82, 2.24) is 19.7 Å². The number of rotatable bonds is 2. The standard InChI is InChI=1S/C12H14N4O2/c17-7-8-1-3-10-14-15-12(16(10)6-8)9-2-4-11(18)13-5-9/h2,4-5,8,17H,1,3,6-7H2,(H,13,18). The van der Waals surface area contributed by atoms with Crippen molar-refractivity contribution < 1.29 is 5.11 Å². The van der Waals surface area contributed by atoms with Crippen LogP contribution in [0.3, 0.4) is 0 Å². The van der Waals surface area contributed by atoms with E-state index in [1.165, 1.54) is 6.07 Å². The van der Waals surface area contributed by atoms with Crippen molar-refractivity contribution in [2.75, 3.05) is 6.61 Å². The molecule has 2 aromatic rings. The maximum absolute atomic E-state index is 11.0. The third-order valence-electron chi connectivity index (χ3n) is 3.34. The van der Waals surface area contributed by atoms with Crippen molar-refractivity contribution in [3.8, 4) is 11.4 Å². The molecule has 0 saturated heterocycles. The second-order valence-corrected chi connectivity index (χ2v) is 4.58. The van der Waals surface area contributed by atoms with Gasteiger partial charge in [-0.25, -0.2) is 0 Å². The number of aromatic nitrogens is 4. The Hall–Kier alpha value is -1.95. The quantitative estimate of drug-likeness (QED) is 0.792. The summed E-state index contributed by atoms with van der Waals surface area (Å²) >= 11 is 0. The van der Waals surface area contributed by atoms with E-state index in [-0.39, 0.29) is 18.1 Å². The number of pyridine rings is 1.